The molecule has 0 aliphatic rings. The molecule has 1 amide bonds. The standard InChI is InChI=1S/C13H18N6O2/c1-3-10(4-2)16-12(20)7-18-13(21)6-5-11(17-18)19-9-14-8-15-19/h5-6,8-10H,3-4,7H2,1-2H3,(H,16,20). The summed E-state index contributed by atoms with van der Waals surface area (Å²) in [6.07, 6.45) is 4.55. The number of nitrogens with one attached hydrogen (secondary N) is 1. The summed E-state index contributed by atoms with van der Waals surface area (Å²) in [5, 5.41) is 10.9. The van der Waals surface area contributed by atoms with Gasteiger partial charge in [0.2, 0.25) is 5.91 Å². The van der Waals surface area contributed by atoms with Crippen molar-refractivity contribution in [1.29, 1.82) is 0 Å². The van der Waals surface area contributed by atoms with Gasteiger partial charge >= 0.3 is 0 Å². The number of aromatic nitrogens is 5. The minimum absolute atomic E-state index is 0.113. The van der Waals surface area contributed by atoms with Gasteiger partial charge in [-0.05, 0) is 18.9 Å². The Labute approximate surface area is 121 Å². The van der Waals surface area contributed by atoms with Gasteiger partial charge in [0.1, 0.15) is 19.2 Å². The van der Waals surface area contributed by atoms with E-state index in [1.54, 1.807) is 0 Å². The van der Waals surface area contributed by atoms with Crippen molar-refractivity contribution in [3.63, 3.8) is 0 Å². The van der Waals surface area contributed by atoms with Gasteiger partial charge in [0.05, 0.1) is 0 Å². The number of hydrogen-bond acceptors (Lipinski definition) is 5. The van der Waals surface area contributed by atoms with Gasteiger partial charge in [-0.2, -0.15) is 5.10 Å². The van der Waals surface area contributed by atoms with Crippen molar-refractivity contribution in [2.75, 3.05) is 0 Å². The highest BCUT2D eigenvalue weighted by Crippen LogP contribution is 1.98. The first kappa shape index (κ1) is 14.9. The Morgan fingerprint density at radius 1 is 1.33 bits per heavy atom. The van der Waals surface area contributed by atoms with Gasteiger partial charge in [0, 0.05) is 12.1 Å². The number of carbonyl (C=O) groups is 1. The van der Waals surface area contributed by atoms with E-state index in [2.05, 4.69) is 20.5 Å². The molecule has 1 N–H and O–H groups in total. The quantitative estimate of drug-likeness (QED) is 0.816. The Kier molecular flexibility index (Phi) is 4.81. The predicted molar refractivity (Wildman–Crippen MR) is 75.9 cm³/mol. The molecule has 0 radical (unpaired) electrons. The Balaban J connectivity index is 2.14. The van der Waals surface area contributed by atoms with Crippen LogP contribution >= 0.6 is 0 Å². The van der Waals surface area contributed by atoms with E-state index in [-0.39, 0.29) is 24.1 Å². The van der Waals surface area contributed by atoms with Crippen LogP contribution in [0.2, 0.25) is 0 Å². The second-order valence-corrected chi connectivity index (χ2v) is 4.61. The number of carbonyl (C=O) groups excluding carboxylic acids is 1. The fourth-order valence-electron chi connectivity index (χ4n) is 1.90. The molecule has 0 unspecified atom stereocenters. The van der Waals surface area contributed by atoms with E-state index in [1.807, 2.05) is 13.8 Å². The van der Waals surface area contributed by atoms with Gasteiger partial charge in [-0.1, -0.05) is 13.8 Å². The van der Waals surface area contributed by atoms with Gasteiger partial charge in [0.25, 0.3) is 5.56 Å². The van der Waals surface area contributed by atoms with E-state index in [1.165, 1.54) is 29.5 Å². The fraction of sp³-hybridized carbons (Fsp3) is 0.462. The van der Waals surface area contributed by atoms with Crippen LogP contribution in [-0.4, -0.2) is 36.5 Å². The van der Waals surface area contributed by atoms with Gasteiger partial charge in [0.15, 0.2) is 5.82 Å². The minimum Gasteiger partial charge on any atom is -0.352 e. The van der Waals surface area contributed by atoms with Crippen LogP contribution in [0, 0.1) is 0 Å². The molecule has 112 valence electrons. The first-order chi connectivity index (χ1) is 10.1. The van der Waals surface area contributed by atoms with Crippen molar-refractivity contribution in [3.05, 3.63) is 35.1 Å². The molecule has 0 spiro atoms. The lowest BCUT2D eigenvalue weighted by Gasteiger charge is -2.15. The van der Waals surface area contributed by atoms with E-state index >= 15 is 0 Å². The van der Waals surface area contributed by atoms with Crippen molar-refractivity contribution >= 4 is 5.91 Å². The van der Waals surface area contributed by atoms with Crippen molar-refractivity contribution < 1.29 is 4.79 Å². The zero-order valence-corrected chi connectivity index (χ0v) is 12.1. The lowest BCUT2D eigenvalue weighted by molar-refractivity contribution is -0.122. The molecule has 21 heavy (non-hydrogen) atoms. The summed E-state index contributed by atoms with van der Waals surface area (Å²) >= 11 is 0. The highest BCUT2D eigenvalue weighted by atomic mass is 16.2. The Hall–Kier alpha value is -2.51. The van der Waals surface area contributed by atoms with Crippen molar-refractivity contribution in [3.8, 4) is 5.82 Å². The van der Waals surface area contributed by atoms with Crippen LogP contribution in [0.25, 0.3) is 5.82 Å². The third-order valence-corrected chi connectivity index (χ3v) is 3.15. The summed E-state index contributed by atoms with van der Waals surface area (Å²) in [4.78, 5) is 27.5. The monoisotopic (exact) mass is 290 g/mol. The third kappa shape index (κ3) is 3.74. The molecule has 0 aromatic carbocycles. The Morgan fingerprint density at radius 3 is 2.71 bits per heavy atom. The summed E-state index contributed by atoms with van der Waals surface area (Å²) in [6.45, 7) is 3.90. The maximum absolute atomic E-state index is 11.9. The maximum atomic E-state index is 11.9. The smallest absolute Gasteiger partial charge is 0.267 e. The van der Waals surface area contributed by atoms with Crippen molar-refractivity contribution in [2.24, 2.45) is 0 Å². The molecular formula is C13H18N6O2. The van der Waals surface area contributed by atoms with E-state index in [0.29, 0.717) is 5.82 Å². The van der Waals surface area contributed by atoms with Gasteiger partial charge in [-0.3, -0.25) is 9.59 Å². The summed E-state index contributed by atoms with van der Waals surface area (Å²) in [6, 6.07) is 3.01. The molecule has 0 atom stereocenters. The summed E-state index contributed by atoms with van der Waals surface area (Å²) < 4.78 is 2.55. The highest BCUT2D eigenvalue weighted by molar-refractivity contribution is 5.75. The average molecular weight is 290 g/mol. The third-order valence-electron chi connectivity index (χ3n) is 3.15. The van der Waals surface area contributed by atoms with E-state index in [0.717, 1.165) is 17.5 Å². The predicted octanol–water partition coefficient (Wildman–Crippen LogP) is 0.129. The molecule has 0 saturated heterocycles. The van der Waals surface area contributed by atoms with Crippen molar-refractivity contribution in [2.45, 2.75) is 39.3 Å². The topological polar surface area (TPSA) is 94.7 Å². The van der Waals surface area contributed by atoms with Crippen LogP contribution in [-0.2, 0) is 11.3 Å². The second kappa shape index (κ2) is 6.78. The number of rotatable bonds is 6. The largest absolute Gasteiger partial charge is 0.352 e. The first-order valence-corrected chi connectivity index (χ1v) is 6.86. The number of amides is 1. The molecule has 2 aromatic rings. The van der Waals surface area contributed by atoms with Gasteiger partial charge in [-0.15, -0.1) is 5.10 Å². The van der Waals surface area contributed by atoms with Crippen LogP contribution < -0.4 is 10.9 Å². The lowest BCUT2D eigenvalue weighted by Crippen LogP contribution is -2.39. The van der Waals surface area contributed by atoms with Crippen LogP contribution in [0.5, 0.6) is 0 Å². The zero-order valence-electron chi connectivity index (χ0n) is 12.1. The molecule has 0 fully saturated rings. The first-order valence-electron chi connectivity index (χ1n) is 6.86. The number of nitrogens with zero attached hydrogens (tertiary/aromatic N) is 5. The molecule has 0 bridgehead atoms. The Morgan fingerprint density at radius 2 is 2.10 bits per heavy atom. The van der Waals surface area contributed by atoms with E-state index < -0.39 is 0 Å². The molecule has 0 aliphatic heterocycles. The van der Waals surface area contributed by atoms with Crippen LogP contribution in [0.1, 0.15) is 26.7 Å². The summed E-state index contributed by atoms with van der Waals surface area (Å²) in [5.41, 5.74) is -0.335. The zero-order chi connectivity index (χ0) is 15.2. The SMILES string of the molecule is CCC(CC)NC(=O)Cn1nc(-n2cncn2)ccc1=O. The van der Waals surface area contributed by atoms with Gasteiger partial charge in [-0.25, -0.2) is 14.3 Å². The van der Waals surface area contributed by atoms with Crippen LogP contribution in [0.3, 0.4) is 0 Å². The molecule has 0 saturated carbocycles. The molecule has 8 heteroatoms. The number of hydrogen-bond donors (Lipinski definition) is 1. The normalized spacial score (nSPS) is 10.8. The summed E-state index contributed by atoms with van der Waals surface area (Å²) in [7, 11) is 0. The van der Waals surface area contributed by atoms with Crippen LogP contribution in [0.15, 0.2) is 29.6 Å². The van der Waals surface area contributed by atoms with Gasteiger partial charge < -0.3 is 5.32 Å². The van der Waals surface area contributed by atoms with E-state index in [9.17, 15) is 9.59 Å². The molecule has 0 aliphatic carbocycles. The fourth-order valence-corrected chi connectivity index (χ4v) is 1.90. The van der Waals surface area contributed by atoms with Crippen molar-refractivity contribution in [1.82, 2.24) is 29.9 Å². The molecule has 2 heterocycles. The van der Waals surface area contributed by atoms with E-state index in [4.69, 9.17) is 0 Å². The lowest BCUT2D eigenvalue weighted by atomic mass is 10.2. The highest BCUT2D eigenvalue weighted by Gasteiger charge is 2.11. The summed E-state index contributed by atoms with van der Waals surface area (Å²) in [5.74, 6) is 0.205. The molecule has 2 rings (SSSR count). The molecule has 8 nitrogen and oxygen atoms in total. The minimum atomic E-state index is -0.335. The molecular weight excluding hydrogens is 272 g/mol. The molecule has 2 aromatic heterocycles. The maximum Gasteiger partial charge on any atom is 0.267 e. The average Bonchev–Trinajstić information content (AvgIpc) is 3.01. The van der Waals surface area contributed by atoms with Crippen LogP contribution in [0.4, 0.5) is 0 Å². The Bertz CT molecular complexity index is 645. The second-order valence-electron chi connectivity index (χ2n) is 4.61.